The number of nitrogens with one attached hydrogen (secondary N) is 1. The Labute approximate surface area is 146 Å². The molecule has 4 nitrogen and oxygen atoms in total. The molecule has 24 heavy (non-hydrogen) atoms. The van der Waals surface area contributed by atoms with Crippen LogP contribution in [-0.4, -0.2) is 24.3 Å². The Bertz CT molecular complexity index is 939. The summed E-state index contributed by atoms with van der Waals surface area (Å²) in [5.41, 5.74) is 2.05. The summed E-state index contributed by atoms with van der Waals surface area (Å²) in [5, 5.41) is 1.13. The Balaban J connectivity index is 1.75. The van der Waals surface area contributed by atoms with Crippen LogP contribution >= 0.6 is 11.3 Å². The number of hydrogen-bond donors (Lipinski definition) is 1. The third kappa shape index (κ3) is 2.68. The zero-order chi connectivity index (χ0) is 16.7. The topological polar surface area (TPSA) is 53.2 Å². The van der Waals surface area contributed by atoms with Crippen molar-refractivity contribution in [2.24, 2.45) is 0 Å². The van der Waals surface area contributed by atoms with Gasteiger partial charge in [0.05, 0.1) is 6.04 Å². The normalized spacial score (nSPS) is 19.8. The number of hydrogen-bond acceptors (Lipinski definition) is 3. The summed E-state index contributed by atoms with van der Waals surface area (Å²) in [6.45, 7) is 2.52. The zero-order valence-corrected chi connectivity index (χ0v) is 15.2. The van der Waals surface area contributed by atoms with E-state index in [2.05, 4.69) is 17.1 Å². The lowest BCUT2D eigenvalue weighted by Gasteiger charge is -2.33. The first kappa shape index (κ1) is 15.9. The number of sulfonamides is 1. The molecule has 0 spiro atoms. The van der Waals surface area contributed by atoms with Gasteiger partial charge in [0.1, 0.15) is 4.21 Å². The SMILES string of the molecule is Cc1ccc(S(=O)(=O)N2CCCCC2c2cc3ccccc3[nH]2)s1. The Kier molecular flexibility index (Phi) is 3.98. The molecule has 0 aliphatic carbocycles. The van der Waals surface area contributed by atoms with Crippen molar-refractivity contribution in [3.8, 4) is 0 Å². The van der Waals surface area contributed by atoms with Crippen molar-refractivity contribution in [1.29, 1.82) is 0 Å². The van der Waals surface area contributed by atoms with Crippen molar-refractivity contribution >= 4 is 32.3 Å². The predicted octanol–water partition coefficient (Wildman–Crippen LogP) is 4.45. The minimum atomic E-state index is -3.44. The Morgan fingerprint density at radius 1 is 1.17 bits per heavy atom. The summed E-state index contributed by atoms with van der Waals surface area (Å²) in [7, 11) is -3.44. The molecule has 0 bridgehead atoms. The van der Waals surface area contributed by atoms with Crippen LogP contribution in [0.25, 0.3) is 10.9 Å². The molecule has 126 valence electrons. The molecule has 4 rings (SSSR count). The molecule has 1 N–H and O–H groups in total. The summed E-state index contributed by atoms with van der Waals surface area (Å²) in [6.07, 6.45) is 2.83. The number of piperidine rings is 1. The molecule has 3 heterocycles. The number of aromatic nitrogens is 1. The second kappa shape index (κ2) is 6.02. The number of para-hydroxylation sites is 1. The summed E-state index contributed by atoms with van der Waals surface area (Å²) in [4.78, 5) is 4.44. The summed E-state index contributed by atoms with van der Waals surface area (Å²) >= 11 is 1.35. The minimum Gasteiger partial charge on any atom is -0.357 e. The first-order valence-electron chi connectivity index (χ1n) is 8.22. The summed E-state index contributed by atoms with van der Waals surface area (Å²) in [6, 6.07) is 13.7. The van der Waals surface area contributed by atoms with E-state index in [1.165, 1.54) is 11.3 Å². The maximum Gasteiger partial charge on any atom is 0.253 e. The van der Waals surface area contributed by atoms with Crippen molar-refractivity contribution in [2.45, 2.75) is 36.4 Å². The number of fused-ring (bicyclic) bond motifs is 1. The summed E-state index contributed by atoms with van der Waals surface area (Å²) < 4.78 is 28.4. The van der Waals surface area contributed by atoms with Gasteiger partial charge in [-0.15, -0.1) is 11.3 Å². The quantitative estimate of drug-likeness (QED) is 0.750. The molecule has 2 aromatic heterocycles. The van der Waals surface area contributed by atoms with Crippen LogP contribution in [0, 0.1) is 6.92 Å². The van der Waals surface area contributed by atoms with Gasteiger partial charge in [-0.3, -0.25) is 0 Å². The highest BCUT2D eigenvalue weighted by molar-refractivity contribution is 7.91. The zero-order valence-electron chi connectivity index (χ0n) is 13.5. The number of rotatable bonds is 3. The molecule has 1 aromatic carbocycles. The number of nitrogens with zero attached hydrogens (tertiary/aromatic N) is 1. The van der Waals surface area contributed by atoms with Gasteiger partial charge in [-0.1, -0.05) is 24.6 Å². The van der Waals surface area contributed by atoms with E-state index in [0.29, 0.717) is 10.8 Å². The van der Waals surface area contributed by atoms with E-state index < -0.39 is 10.0 Å². The van der Waals surface area contributed by atoms with Crippen LogP contribution in [0.3, 0.4) is 0 Å². The monoisotopic (exact) mass is 360 g/mol. The molecule has 0 amide bonds. The van der Waals surface area contributed by atoms with Gasteiger partial charge in [-0.25, -0.2) is 8.42 Å². The van der Waals surface area contributed by atoms with E-state index in [9.17, 15) is 8.42 Å². The molecule has 1 fully saturated rings. The number of benzene rings is 1. The van der Waals surface area contributed by atoms with Gasteiger partial charge < -0.3 is 4.98 Å². The molecule has 6 heteroatoms. The summed E-state index contributed by atoms with van der Waals surface area (Å²) in [5.74, 6) is 0. The fraction of sp³-hybridized carbons (Fsp3) is 0.333. The van der Waals surface area contributed by atoms with Gasteiger partial charge in [0, 0.05) is 22.6 Å². The van der Waals surface area contributed by atoms with Crippen LogP contribution in [0.4, 0.5) is 0 Å². The lowest BCUT2D eigenvalue weighted by molar-refractivity contribution is 0.253. The first-order chi connectivity index (χ1) is 11.6. The Morgan fingerprint density at radius 2 is 2.00 bits per heavy atom. The number of aryl methyl sites for hydroxylation is 1. The molecular weight excluding hydrogens is 340 g/mol. The van der Waals surface area contributed by atoms with Crippen LogP contribution in [-0.2, 0) is 10.0 Å². The maximum atomic E-state index is 13.1. The molecule has 1 aliphatic rings. The van der Waals surface area contributed by atoms with E-state index in [1.807, 2.05) is 31.2 Å². The molecular formula is C18H20N2O2S2. The lowest BCUT2D eigenvalue weighted by Crippen LogP contribution is -2.38. The van der Waals surface area contributed by atoms with Crippen molar-refractivity contribution in [3.05, 3.63) is 53.0 Å². The molecule has 3 aromatic rings. The van der Waals surface area contributed by atoms with Gasteiger partial charge >= 0.3 is 0 Å². The smallest absolute Gasteiger partial charge is 0.253 e. The van der Waals surface area contributed by atoms with Crippen molar-refractivity contribution in [2.75, 3.05) is 6.54 Å². The van der Waals surface area contributed by atoms with E-state index >= 15 is 0 Å². The van der Waals surface area contributed by atoms with Crippen LogP contribution in [0.2, 0.25) is 0 Å². The highest BCUT2D eigenvalue weighted by atomic mass is 32.2. The predicted molar refractivity (Wildman–Crippen MR) is 97.8 cm³/mol. The molecule has 1 saturated heterocycles. The van der Waals surface area contributed by atoms with E-state index in [-0.39, 0.29) is 6.04 Å². The number of aromatic amines is 1. The van der Waals surface area contributed by atoms with Crippen LogP contribution in [0.1, 0.15) is 35.9 Å². The highest BCUT2D eigenvalue weighted by Gasteiger charge is 2.35. The minimum absolute atomic E-state index is 0.112. The molecule has 0 saturated carbocycles. The largest absolute Gasteiger partial charge is 0.357 e. The van der Waals surface area contributed by atoms with Gasteiger partial charge in [0.15, 0.2) is 0 Å². The van der Waals surface area contributed by atoms with Crippen LogP contribution < -0.4 is 0 Å². The molecule has 0 radical (unpaired) electrons. The van der Waals surface area contributed by atoms with Crippen LogP contribution in [0.5, 0.6) is 0 Å². The second-order valence-corrected chi connectivity index (χ2v) is 9.71. The third-order valence-corrected chi connectivity index (χ3v) is 8.02. The first-order valence-corrected chi connectivity index (χ1v) is 10.5. The fourth-order valence-corrected chi connectivity index (χ4v) is 6.53. The Hall–Kier alpha value is -1.63. The van der Waals surface area contributed by atoms with Gasteiger partial charge in [0.2, 0.25) is 0 Å². The molecule has 1 unspecified atom stereocenters. The van der Waals surface area contributed by atoms with Crippen LogP contribution in [0.15, 0.2) is 46.7 Å². The highest BCUT2D eigenvalue weighted by Crippen LogP contribution is 2.37. The van der Waals surface area contributed by atoms with E-state index in [0.717, 1.165) is 40.7 Å². The van der Waals surface area contributed by atoms with Crippen molar-refractivity contribution < 1.29 is 8.42 Å². The van der Waals surface area contributed by atoms with Crippen molar-refractivity contribution in [1.82, 2.24) is 9.29 Å². The number of thiophene rings is 1. The molecule has 1 atom stereocenters. The van der Waals surface area contributed by atoms with E-state index in [1.54, 1.807) is 10.4 Å². The van der Waals surface area contributed by atoms with Crippen molar-refractivity contribution in [3.63, 3.8) is 0 Å². The fourth-order valence-electron chi connectivity index (χ4n) is 3.45. The lowest BCUT2D eigenvalue weighted by atomic mass is 10.0. The molecule has 1 aliphatic heterocycles. The second-order valence-electron chi connectivity index (χ2n) is 6.30. The number of H-pyrrole nitrogens is 1. The van der Waals surface area contributed by atoms with Gasteiger partial charge in [-0.2, -0.15) is 4.31 Å². The third-order valence-electron chi connectivity index (χ3n) is 4.64. The van der Waals surface area contributed by atoms with Gasteiger partial charge in [-0.05, 0) is 49.4 Å². The van der Waals surface area contributed by atoms with E-state index in [4.69, 9.17) is 0 Å². The standard InChI is InChI=1S/C18H20N2O2S2/c1-13-9-10-18(23-13)24(21,22)20-11-5-4-8-17(20)16-12-14-6-2-3-7-15(14)19-16/h2-3,6-7,9-10,12,17,19H,4-5,8,11H2,1H3. The van der Waals surface area contributed by atoms with Gasteiger partial charge in [0.25, 0.3) is 10.0 Å². The average molecular weight is 361 g/mol. The maximum absolute atomic E-state index is 13.1. The average Bonchev–Trinajstić information content (AvgIpc) is 3.21. The Morgan fingerprint density at radius 3 is 2.75 bits per heavy atom.